The van der Waals surface area contributed by atoms with Crippen LogP contribution in [0.4, 0.5) is 17.1 Å². The van der Waals surface area contributed by atoms with Crippen molar-refractivity contribution in [2.45, 2.75) is 0 Å². The van der Waals surface area contributed by atoms with Crippen LogP contribution >= 0.6 is 0 Å². The van der Waals surface area contributed by atoms with E-state index in [0.717, 1.165) is 17.1 Å². The van der Waals surface area contributed by atoms with E-state index in [2.05, 4.69) is 240 Å². The van der Waals surface area contributed by atoms with E-state index in [0.29, 0.717) is 0 Å². The second-order valence-corrected chi connectivity index (χ2v) is 15.0. The van der Waals surface area contributed by atoms with E-state index < -0.39 is 0 Å². The van der Waals surface area contributed by atoms with Crippen molar-refractivity contribution in [3.05, 3.63) is 231 Å². The van der Waals surface area contributed by atoms with E-state index in [4.69, 9.17) is 0 Å². The lowest BCUT2D eigenvalue weighted by atomic mass is 9.98. The topological polar surface area (TPSA) is 8.17 Å². The molecule has 11 aromatic rings. The van der Waals surface area contributed by atoms with Gasteiger partial charge in [-0.2, -0.15) is 0 Å². The second-order valence-electron chi connectivity index (χ2n) is 15.0. The third-order valence-electron chi connectivity index (χ3n) is 11.6. The van der Waals surface area contributed by atoms with Gasteiger partial charge in [-0.15, -0.1) is 0 Å². The number of aromatic nitrogens is 1. The molecule has 0 unspecified atom stereocenters. The summed E-state index contributed by atoms with van der Waals surface area (Å²) in [5.41, 5.74) is 14.1. The van der Waals surface area contributed by atoms with Crippen molar-refractivity contribution in [2.75, 3.05) is 4.90 Å². The van der Waals surface area contributed by atoms with Crippen molar-refractivity contribution in [3.8, 4) is 39.1 Å². The molecular weight excluding hydrogens is 701 g/mol. The molecule has 0 amide bonds. The molecule has 272 valence electrons. The van der Waals surface area contributed by atoms with Crippen LogP contribution in [0.2, 0.25) is 0 Å². The van der Waals surface area contributed by atoms with Gasteiger partial charge in [-0.05, 0) is 110 Å². The van der Waals surface area contributed by atoms with Gasteiger partial charge in [-0.25, -0.2) is 0 Å². The molecule has 0 bridgehead atoms. The maximum Gasteiger partial charge on any atom is 0.0541 e. The van der Waals surface area contributed by atoms with Crippen LogP contribution in [-0.4, -0.2) is 4.57 Å². The van der Waals surface area contributed by atoms with Crippen LogP contribution in [0, 0.1) is 0 Å². The van der Waals surface area contributed by atoms with Crippen LogP contribution < -0.4 is 4.90 Å². The Morgan fingerprint density at radius 2 is 0.741 bits per heavy atom. The van der Waals surface area contributed by atoms with E-state index in [1.165, 1.54) is 82.4 Å². The molecule has 2 heteroatoms. The summed E-state index contributed by atoms with van der Waals surface area (Å²) in [5, 5.41) is 7.49. The molecule has 11 rings (SSSR count). The number of benzene rings is 10. The van der Waals surface area contributed by atoms with E-state index in [-0.39, 0.29) is 0 Å². The Kier molecular flexibility index (Phi) is 8.19. The summed E-state index contributed by atoms with van der Waals surface area (Å²) in [5.74, 6) is 0. The Bertz CT molecular complexity index is 3240. The summed E-state index contributed by atoms with van der Waals surface area (Å²) >= 11 is 0. The minimum absolute atomic E-state index is 1.10. The summed E-state index contributed by atoms with van der Waals surface area (Å²) < 4.78 is 2.42. The SMILES string of the molecule is c1ccc(-c2ccc(N(c3ccc(-c4ccc5c(c4)c4ccccc4n5-c4cccc5ccccc45)cc3)c3ccc(-c4cccc5ccccc45)cc3)cc2)cc1. The predicted octanol–water partition coefficient (Wildman–Crippen LogP) is 15.6. The molecule has 0 aliphatic rings. The van der Waals surface area contributed by atoms with Gasteiger partial charge in [0, 0.05) is 33.2 Å². The fourth-order valence-corrected chi connectivity index (χ4v) is 8.77. The van der Waals surface area contributed by atoms with Crippen molar-refractivity contribution in [3.63, 3.8) is 0 Å². The average molecular weight is 739 g/mol. The smallest absolute Gasteiger partial charge is 0.0541 e. The number of nitrogens with zero attached hydrogens (tertiary/aromatic N) is 2. The van der Waals surface area contributed by atoms with Gasteiger partial charge in [-0.3, -0.25) is 0 Å². The Morgan fingerprint density at radius 3 is 1.43 bits per heavy atom. The third kappa shape index (κ3) is 5.82. The number of hydrogen-bond acceptors (Lipinski definition) is 1. The van der Waals surface area contributed by atoms with Gasteiger partial charge in [0.2, 0.25) is 0 Å². The Labute approximate surface area is 338 Å². The Balaban J connectivity index is 0.987. The highest BCUT2D eigenvalue weighted by Crippen LogP contribution is 2.40. The predicted molar refractivity (Wildman–Crippen MR) is 247 cm³/mol. The monoisotopic (exact) mass is 738 g/mol. The molecule has 58 heavy (non-hydrogen) atoms. The zero-order valence-electron chi connectivity index (χ0n) is 31.8. The van der Waals surface area contributed by atoms with E-state index in [1.54, 1.807) is 0 Å². The van der Waals surface area contributed by atoms with Crippen molar-refractivity contribution >= 4 is 60.4 Å². The molecule has 2 nitrogen and oxygen atoms in total. The van der Waals surface area contributed by atoms with E-state index in [1.807, 2.05) is 0 Å². The van der Waals surface area contributed by atoms with Crippen LogP contribution in [0.1, 0.15) is 0 Å². The van der Waals surface area contributed by atoms with Crippen LogP contribution in [0.5, 0.6) is 0 Å². The molecule has 10 aromatic carbocycles. The maximum atomic E-state index is 2.42. The first-order valence-corrected chi connectivity index (χ1v) is 19.9. The molecule has 0 atom stereocenters. The van der Waals surface area contributed by atoms with Gasteiger partial charge in [-0.1, -0.05) is 170 Å². The molecular formula is C56H38N2. The number of anilines is 3. The summed E-state index contributed by atoms with van der Waals surface area (Å²) in [6.07, 6.45) is 0. The lowest BCUT2D eigenvalue weighted by molar-refractivity contribution is 1.20. The Hall–Kier alpha value is -7.68. The molecule has 1 heterocycles. The molecule has 0 N–H and O–H groups in total. The van der Waals surface area contributed by atoms with Gasteiger partial charge in [0.1, 0.15) is 0 Å². The standard InChI is InChI=1S/C56H38N2/c1-2-12-39(13-3-1)40-24-31-46(32-25-40)57(48-35-28-44(29-36-48)50-21-10-16-42-14-4-6-18-49(42)50)47-33-26-41(27-34-47)45-30-37-56-53(38-45)52-20-8-9-22-55(52)58(56)54-23-11-17-43-15-5-7-19-51(43)54/h1-38H. The summed E-state index contributed by atoms with van der Waals surface area (Å²) in [4.78, 5) is 2.35. The maximum absolute atomic E-state index is 2.42. The third-order valence-corrected chi connectivity index (χ3v) is 11.6. The van der Waals surface area contributed by atoms with Crippen molar-refractivity contribution < 1.29 is 0 Å². The van der Waals surface area contributed by atoms with Gasteiger partial charge in [0.25, 0.3) is 0 Å². The zero-order valence-corrected chi connectivity index (χ0v) is 31.8. The molecule has 1 aromatic heterocycles. The molecule has 0 aliphatic heterocycles. The number of fused-ring (bicyclic) bond motifs is 5. The van der Waals surface area contributed by atoms with E-state index >= 15 is 0 Å². The normalized spacial score (nSPS) is 11.4. The minimum Gasteiger partial charge on any atom is -0.311 e. The molecule has 0 saturated heterocycles. The molecule has 0 saturated carbocycles. The fraction of sp³-hybridized carbons (Fsp3) is 0. The first-order valence-electron chi connectivity index (χ1n) is 19.9. The number of hydrogen-bond donors (Lipinski definition) is 0. The largest absolute Gasteiger partial charge is 0.311 e. The van der Waals surface area contributed by atoms with Crippen LogP contribution in [0.25, 0.3) is 82.4 Å². The highest BCUT2D eigenvalue weighted by atomic mass is 15.1. The summed E-state index contributed by atoms with van der Waals surface area (Å²) in [6.45, 7) is 0. The molecule has 0 fully saturated rings. The fourth-order valence-electron chi connectivity index (χ4n) is 8.77. The van der Waals surface area contributed by atoms with Crippen molar-refractivity contribution in [1.29, 1.82) is 0 Å². The van der Waals surface area contributed by atoms with Crippen LogP contribution in [0.3, 0.4) is 0 Å². The lowest BCUT2D eigenvalue weighted by Gasteiger charge is -2.26. The minimum atomic E-state index is 1.10. The van der Waals surface area contributed by atoms with Gasteiger partial charge < -0.3 is 9.47 Å². The first-order chi connectivity index (χ1) is 28.8. The average Bonchev–Trinajstić information content (AvgIpc) is 3.63. The van der Waals surface area contributed by atoms with Gasteiger partial charge in [0.15, 0.2) is 0 Å². The quantitative estimate of drug-likeness (QED) is 0.158. The zero-order chi connectivity index (χ0) is 38.4. The second kappa shape index (κ2) is 14.1. The molecule has 0 radical (unpaired) electrons. The van der Waals surface area contributed by atoms with Gasteiger partial charge >= 0.3 is 0 Å². The number of rotatable bonds is 7. The van der Waals surface area contributed by atoms with E-state index in [9.17, 15) is 0 Å². The number of para-hydroxylation sites is 1. The lowest BCUT2D eigenvalue weighted by Crippen LogP contribution is -2.09. The van der Waals surface area contributed by atoms with Gasteiger partial charge in [0.05, 0.1) is 16.7 Å². The van der Waals surface area contributed by atoms with Crippen molar-refractivity contribution in [2.24, 2.45) is 0 Å². The summed E-state index contributed by atoms with van der Waals surface area (Å²) in [7, 11) is 0. The molecule has 0 spiro atoms. The van der Waals surface area contributed by atoms with Crippen molar-refractivity contribution in [1.82, 2.24) is 4.57 Å². The van der Waals surface area contributed by atoms with Crippen LogP contribution in [0.15, 0.2) is 231 Å². The molecule has 0 aliphatic carbocycles. The highest BCUT2D eigenvalue weighted by Gasteiger charge is 2.17. The Morgan fingerprint density at radius 1 is 0.276 bits per heavy atom. The highest BCUT2D eigenvalue weighted by molar-refractivity contribution is 6.11. The summed E-state index contributed by atoms with van der Waals surface area (Å²) in [6, 6.07) is 83.6. The first kappa shape index (κ1) is 33.6. The van der Waals surface area contributed by atoms with Crippen LogP contribution in [-0.2, 0) is 0 Å².